The zero-order valence-electron chi connectivity index (χ0n) is 15.6. The van der Waals surface area contributed by atoms with Gasteiger partial charge in [-0.05, 0) is 49.7 Å². The lowest BCUT2D eigenvalue weighted by Crippen LogP contribution is -2.29. The highest BCUT2D eigenvalue weighted by Gasteiger charge is 2.32. The van der Waals surface area contributed by atoms with E-state index in [1.54, 1.807) is 6.07 Å². The van der Waals surface area contributed by atoms with Crippen LogP contribution in [-0.4, -0.2) is 18.0 Å². The predicted octanol–water partition coefficient (Wildman–Crippen LogP) is 4.83. The summed E-state index contributed by atoms with van der Waals surface area (Å²) in [6, 6.07) is 3.13. The van der Waals surface area contributed by atoms with Crippen LogP contribution in [0.25, 0.3) is 0 Å². The molecule has 0 radical (unpaired) electrons. The van der Waals surface area contributed by atoms with E-state index in [9.17, 15) is 14.0 Å². The van der Waals surface area contributed by atoms with Crippen molar-refractivity contribution in [2.75, 3.05) is 0 Å². The van der Waals surface area contributed by atoms with E-state index < -0.39 is 17.8 Å². The van der Waals surface area contributed by atoms with Gasteiger partial charge in [0.25, 0.3) is 0 Å². The first kappa shape index (κ1) is 18.9. The van der Waals surface area contributed by atoms with Crippen LogP contribution in [0.15, 0.2) is 12.1 Å². The zero-order valence-corrected chi connectivity index (χ0v) is 15.6. The average molecular weight is 362 g/mol. The summed E-state index contributed by atoms with van der Waals surface area (Å²) < 4.78 is 25.3. The SMILES string of the molecule is CCCC1CCC(C(=O)Oc2ccc3c(c2F)C(=O)OC(CC)C3)CC1. The van der Waals surface area contributed by atoms with Gasteiger partial charge in [-0.25, -0.2) is 9.18 Å². The Morgan fingerprint density at radius 1 is 1.23 bits per heavy atom. The Labute approximate surface area is 154 Å². The third kappa shape index (κ3) is 3.92. The predicted molar refractivity (Wildman–Crippen MR) is 95.6 cm³/mol. The van der Waals surface area contributed by atoms with Gasteiger partial charge in [0.1, 0.15) is 11.7 Å². The highest BCUT2D eigenvalue weighted by atomic mass is 19.1. The van der Waals surface area contributed by atoms with Crippen LogP contribution in [0.3, 0.4) is 0 Å². The molecule has 0 spiro atoms. The van der Waals surface area contributed by atoms with Crippen LogP contribution in [0.2, 0.25) is 0 Å². The minimum Gasteiger partial charge on any atom is -0.458 e. The van der Waals surface area contributed by atoms with Crippen molar-refractivity contribution in [1.29, 1.82) is 0 Å². The summed E-state index contributed by atoms with van der Waals surface area (Å²) in [5, 5.41) is 0. The maximum atomic E-state index is 14.7. The Hall–Kier alpha value is -1.91. The van der Waals surface area contributed by atoms with Gasteiger partial charge in [0.15, 0.2) is 11.6 Å². The lowest BCUT2D eigenvalue weighted by molar-refractivity contribution is -0.140. The monoisotopic (exact) mass is 362 g/mol. The molecule has 1 aromatic rings. The smallest absolute Gasteiger partial charge is 0.341 e. The number of hydrogen-bond acceptors (Lipinski definition) is 4. The molecule has 3 rings (SSSR count). The van der Waals surface area contributed by atoms with Crippen molar-refractivity contribution in [3.8, 4) is 5.75 Å². The summed E-state index contributed by atoms with van der Waals surface area (Å²) in [6.07, 6.45) is 6.93. The third-order valence-corrected chi connectivity index (χ3v) is 5.66. The molecule has 2 aliphatic rings. The number of fused-ring (bicyclic) bond motifs is 1. The third-order valence-electron chi connectivity index (χ3n) is 5.66. The lowest BCUT2D eigenvalue weighted by atomic mass is 9.80. The van der Waals surface area contributed by atoms with Gasteiger partial charge in [0.2, 0.25) is 0 Å². The number of benzene rings is 1. The number of carbonyl (C=O) groups is 2. The van der Waals surface area contributed by atoms with Crippen molar-refractivity contribution < 1.29 is 23.5 Å². The van der Waals surface area contributed by atoms with Crippen molar-refractivity contribution in [3.05, 3.63) is 29.1 Å². The number of halogens is 1. The first-order valence-corrected chi connectivity index (χ1v) is 9.77. The van der Waals surface area contributed by atoms with Gasteiger partial charge in [-0.3, -0.25) is 4.79 Å². The first-order chi connectivity index (χ1) is 12.5. The van der Waals surface area contributed by atoms with Crippen molar-refractivity contribution in [3.63, 3.8) is 0 Å². The molecule has 1 aliphatic heterocycles. The maximum Gasteiger partial charge on any atom is 0.341 e. The van der Waals surface area contributed by atoms with Crippen LogP contribution in [0.5, 0.6) is 5.75 Å². The van der Waals surface area contributed by atoms with E-state index in [0.717, 1.165) is 32.1 Å². The Morgan fingerprint density at radius 3 is 2.62 bits per heavy atom. The summed E-state index contributed by atoms with van der Waals surface area (Å²) in [4.78, 5) is 24.5. The molecule has 4 nitrogen and oxygen atoms in total. The quantitative estimate of drug-likeness (QED) is 0.556. The summed E-state index contributed by atoms with van der Waals surface area (Å²) in [5.74, 6) is -1.52. The molecule has 26 heavy (non-hydrogen) atoms. The molecule has 0 aromatic heterocycles. The van der Waals surface area contributed by atoms with Gasteiger partial charge in [0, 0.05) is 6.42 Å². The Kier molecular flexibility index (Phi) is 5.94. The van der Waals surface area contributed by atoms with Crippen molar-refractivity contribution in [1.82, 2.24) is 0 Å². The fourth-order valence-electron chi connectivity index (χ4n) is 4.08. The fourth-order valence-corrected chi connectivity index (χ4v) is 4.08. The molecule has 1 unspecified atom stereocenters. The number of rotatable bonds is 5. The van der Waals surface area contributed by atoms with Crippen LogP contribution in [-0.2, 0) is 16.0 Å². The topological polar surface area (TPSA) is 52.6 Å². The number of hydrogen-bond donors (Lipinski definition) is 0. The molecule has 1 saturated carbocycles. The van der Waals surface area contributed by atoms with Crippen LogP contribution in [0, 0.1) is 17.7 Å². The summed E-state index contributed by atoms with van der Waals surface area (Å²) in [6.45, 7) is 4.09. The number of ether oxygens (including phenoxy) is 2. The van der Waals surface area contributed by atoms with Gasteiger partial charge in [0.05, 0.1) is 5.92 Å². The van der Waals surface area contributed by atoms with Crippen molar-refractivity contribution in [2.24, 2.45) is 11.8 Å². The minimum absolute atomic E-state index is 0.0911. The number of esters is 2. The van der Waals surface area contributed by atoms with Crippen LogP contribution >= 0.6 is 0 Å². The average Bonchev–Trinajstić information content (AvgIpc) is 2.64. The second kappa shape index (κ2) is 8.19. The molecule has 5 heteroatoms. The van der Waals surface area contributed by atoms with E-state index >= 15 is 0 Å². The normalized spacial score (nSPS) is 25.3. The van der Waals surface area contributed by atoms with Crippen molar-refractivity contribution >= 4 is 11.9 Å². The molecule has 1 fully saturated rings. The highest BCUT2D eigenvalue weighted by molar-refractivity contribution is 5.93. The van der Waals surface area contributed by atoms with E-state index in [1.165, 1.54) is 12.5 Å². The molecular formula is C21H27FO4. The van der Waals surface area contributed by atoms with Crippen LogP contribution < -0.4 is 4.74 Å². The second-order valence-electron chi connectivity index (χ2n) is 7.48. The maximum absolute atomic E-state index is 14.7. The van der Waals surface area contributed by atoms with Gasteiger partial charge in [-0.1, -0.05) is 32.8 Å². The number of carbonyl (C=O) groups excluding carboxylic acids is 2. The molecule has 1 atom stereocenters. The van der Waals surface area contributed by atoms with Gasteiger partial charge < -0.3 is 9.47 Å². The van der Waals surface area contributed by atoms with Gasteiger partial charge in [-0.15, -0.1) is 0 Å². The standard InChI is InChI=1S/C21H27FO4/c1-3-5-13-6-8-14(9-7-13)20(23)26-17-11-10-15-12-16(4-2)25-21(24)18(15)19(17)22/h10-11,13-14,16H,3-9,12H2,1-2H3. The molecule has 1 aromatic carbocycles. The summed E-state index contributed by atoms with van der Waals surface area (Å²) in [7, 11) is 0. The van der Waals surface area contributed by atoms with E-state index in [-0.39, 0.29) is 23.3 Å². The molecule has 142 valence electrons. The first-order valence-electron chi connectivity index (χ1n) is 9.77. The molecule has 1 aliphatic carbocycles. The van der Waals surface area contributed by atoms with Gasteiger partial charge in [-0.2, -0.15) is 0 Å². The molecule has 0 amide bonds. The largest absolute Gasteiger partial charge is 0.458 e. The Balaban J connectivity index is 1.68. The summed E-state index contributed by atoms with van der Waals surface area (Å²) in [5.41, 5.74) is 0.525. The van der Waals surface area contributed by atoms with Crippen molar-refractivity contribution in [2.45, 2.75) is 71.3 Å². The molecule has 0 bridgehead atoms. The summed E-state index contributed by atoms with van der Waals surface area (Å²) >= 11 is 0. The molecule has 0 N–H and O–H groups in total. The van der Waals surface area contributed by atoms with Gasteiger partial charge >= 0.3 is 11.9 Å². The van der Waals surface area contributed by atoms with E-state index in [0.29, 0.717) is 24.3 Å². The van der Waals surface area contributed by atoms with E-state index in [4.69, 9.17) is 9.47 Å². The Morgan fingerprint density at radius 2 is 1.96 bits per heavy atom. The molecule has 0 saturated heterocycles. The molecule has 1 heterocycles. The van der Waals surface area contributed by atoms with E-state index in [2.05, 4.69) is 6.92 Å². The number of cyclic esters (lactones) is 1. The molecular weight excluding hydrogens is 335 g/mol. The highest BCUT2D eigenvalue weighted by Crippen LogP contribution is 2.34. The minimum atomic E-state index is -0.782. The lowest BCUT2D eigenvalue weighted by Gasteiger charge is -2.27. The second-order valence-corrected chi connectivity index (χ2v) is 7.48. The Bertz CT molecular complexity index is 677. The van der Waals surface area contributed by atoms with E-state index in [1.807, 2.05) is 6.92 Å². The zero-order chi connectivity index (χ0) is 18.7. The van der Waals surface area contributed by atoms with Crippen LogP contribution in [0.1, 0.15) is 74.7 Å². The van der Waals surface area contributed by atoms with Crippen LogP contribution in [0.4, 0.5) is 4.39 Å². The fraction of sp³-hybridized carbons (Fsp3) is 0.619.